The molecule has 1 unspecified atom stereocenters. The van der Waals surface area contributed by atoms with E-state index in [1.54, 1.807) is 31.4 Å². The van der Waals surface area contributed by atoms with Gasteiger partial charge in [-0.15, -0.1) is 0 Å². The van der Waals surface area contributed by atoms with Gasteiger partial charge in [-0.2, -0.15) is 0 Å². The van der Waals surface area contributed by atoms with Crippen molar-refractivity contribution < 1.29 is 24.2 Å². The van der Waals surface area contributed by atoms with Gasteiger partial charge in [-0.1, -0.05) is 12.1 Å². The van der Waals surface area contributed by atoms with Crippen LogP contribution in [0.3, 0.4) is 0 Å². The van der Waals surface area contributed by atoms with E-state index in [4.69, 9.17) is 9.47 Å². The van der Waals surface area contributed by atoms with Crippen LogP contribution >= 0.6 is 15.9 Å². The Morgan fingerprint density at radius 3 is 2.74 bits per heavy atom. The quantitative estimate of drug-likeness (QED) is 0.480. The molecule has 0 saturated heterocycles. The highest BCUT2D eigenvalue weighted by Gasteiger charge is 2.39. The van der Waals surface area contributed by atoms with Crippen LogP contribution in [0.5, 0.6) is 17.2 Å². The number of benzene rings is 2. The lowest BCUT2D eigenvalue weighted by Crippen LogP contribution is -2.35. The minimum atomic E-state index is -0.616. The number of hydrogen-bond donors (Lipinski definition) is 3. The molecule has 1 aliphatic heterocycles. The van der Waals surface area contributed by atoms with Crippen LogP contribution in [0.4, 0.5) is 5.69 Å². The van der Waals surface area contributed by atoms with E-state index in [1.165, 1.54) is 0 Å². The maximum Gasteiger partial charge on any atom is 0.254 e. The number of phenols is 1. The molecule has 0 bridgehead atoms. The van der Waals surface area contributed by atoms with Gasteiger partial charge < -0.3 is 25.2 Å². The lowest BCUT2D eigenvalue weighted by atomic mass is 9.75. The van der Waals surface area contributed by atoms with Crippen LogP contribution < -0.4 is 20.1 Å². The number of methoxy groups -OCH3 is 1. The average Bonchev–Trinajstić information content (AvgIpc) is 2.81. The third-order valence-corrected chi connectivity index (χ3v) is 6.66. The zero-order chi connectivity index (χ0) is 24.4. The Balaban J connectivity index is 1.85. The van der Waals surface area contributed by atoms with E-state index in [0.717, 1.165) is 18.5 Å². The van der Waals surface area contributed by atoms with Crippen LogP contribution in [0.25, 0.3) is 0 Å². The molecule has 4 rings (SSSR count). The van der Waals surface area contributed by atoms with Crippen molar-refractivity contribution in [1.29, 1.82) is 0 Å². The molecule has 0 aromatic heterocycles. The van der Waals surface area contributed by atoms with Gasteiger partial charge in [0.05, 0.1) is 23.9 Å². The number of nitrogens with one attached hydrogen (secondary N) is 2. The van der Waals surface area contributed by atoms with Gasteiger partial charge in [0.1, 0.15) is 5.75 Å². The van der Waals surface area contributed by atoms with Crippen LogP contribution in [-0.4, -0.2) is 30.5 Å². The highest BCUT2D eigenvalue weighted by atomic mass is 79.9. The van der Waals surface area contributed by atoms with Gasteiger partial charge >= 0.3 is 0 Å². The number of Topliss-reactive ketones (excluding diaryl/α,β-unsaturated/α-hetero) is 1. The fraction of sp³-hybridized carbons (Fsp3) is 0.308. The molecule has 2 aromatic rings. The Morgan fingerprint density at radius 2 is 2.00 bits per heavy atom. The third-order valence-electron chi connectivity index (χ3n) is 6.06. The molecule has 7 nitrogen and oxygen atoms in total. The highest BCUT2D eigenvalue weighted by molar-refractivity contribution is 9.10. The second-order valence-corrected chi connectivity index (χ2v) is 9.06. The summed E-state index contributed by atoms with van der Waals surface area (Å²) in [4.78, 5) is 26.8. The normalized spacial score (nSPS) is 17.8. The summed E-state index contributed by atoms with van der Waals surface area (Å²) in [6, 6.07) is 10.6. The van der Waals surface area contributed by atoms with Crippen LogP contribution in [0.1, 0.15) is 44.6 Å². The summed E-state index contributed by atoms with van der Waals surface area (Å²) in [5.74, 6) is -0.145. The fourth-order valence-corrected chi connectivity index (χ4v) is 5.04. The lowest BCUT2D eigenvalue weighted by molar-refractivity contribution is -0.116. The zero-order valence-corrected chi connectivity index (χ0v) is 20.9. The Hall–Kier alpha value is -3.26. The Kier molecular flexibility index (Phi) is 6.97. The Morgan fingerprint density at radius 1 is 1.24 bits per heavy atom. The molecular formula is C26H27BrN2O5. The largest absolute Gasteiger partial charge is 0.503 e. The number of amides is 1. The number of ketones is 1. The van der Waals surface area contributed by atoms with E-state index >= 15 is 0 Å². The summed E-state index contributed by atoms with van der Waals surface area (Å²) in [5.41, 5.74) is 3.75. The number of ether oxygens (including phenoxy) is 2. The predicted molar refractivity (Wildman–Crippen MR) is 133 cm³/mol. The molecular weight excluding hydrogens is 500 g/mol. The second-order valence-electron chi connectivity index (χ2n) is 8.20. The Bertz CT molecular complexity index is 1220. The molecule has 0 saturated carbocycles. The van der Waals surface area contributed by atoms with Crippen molar-refractivity contribution in [2.75, 3.05) is 19.0 Å². The van der Waals surface area contributed by atoms with Crippen LogP contribution in [0.2, 0.25) is 0 Å². The maximum absolute atomic E-state index is 13.7. The summed E-state index contributed by atoms with van der Waals surface area (Å²) < 4.78 is 11.4. The second kappa shape index (κ2) is 9.93. The fourth-order valence-electron chi connectivity index (χ4n) is 4.58. The minimum absolute atomic E-state index is 0.0102. The molecule has 2 aromatic carbocycles. The van der Waals surface area contributed by atoms with E-state index in [0.29, 0.717) is 51.3 Å². The van der Waals surface area contributed by atoms with Crippen molar-refractivity contribution in [3.63, 3.8) is 0 Å². The van der Waals surface area contributed by atoms with Gasteiger partial charge in [-0.25, -0.2) is 0 Å². The minimum Gasteiger partial charge on any atom is -0.503 e. The third kappa shape index (κ3) is 4.42. The number of aromatic hydroxyl groups is 1. The maximum atomic E-state index is 13.7. The smallest absolute Gasteiger partial charge is 0.254 e. The summed E-state index contributed by atoms with van der Waals surface area (Å²) in [6.07, 6.45) is 1.92. The standard InChI is InChI=1S/C26H27BrN2O5/c1-4-34-21-13-15(12-16(27)25(21)31)23-22(14(2)28-18-9-7-10-19(30)24(18)23)26(32)29-17-8-5-6-11-20(17)33-3/h5-6,8,11-13,23,28,31H,4,7,9-10H2,1-3H3,(H,29,32). The summed E-state index contributed by atoms with van der Waals surface area (Å²) in [6.45, 7) is 4.02. The number of rotatable bonds is 6. The first-order chi connectivity index (χ1) is 16.3. The lowest BCUT2D eigenvalue weighted by Gasteiger charge is -2.34. The highest BCUT2D eigenvalue weighted by Crippen LogP contribution is 2.46. The Labute approximate surface area is 207 Å². The molecule has 1 heterocycles. The molecule has 0 spiro atoms. The van der Waals surface area contributed by atoms with Gasteiger partial charge in [0.25, 0.3) is 5.91 Å². The van der Waals surface area contributed by atoms with Crippen LogP contribution in [0.15, 0.2) is 63.4 Å². The first-order valence-corrected chi connectivity index (χ1v) is 12.0. The van der Waals surface area contributed by atoms with Crippen molar-refractivity contribution in [1.82, 2.24) is 5.32 Å². The first-order valence-electron chi connectivity index (χ1n) is 11.2. The molecule has 3 N–H and O–H groups in total. The number of halogens is 1. The summed E-state index contributed by atoms with van der Waals surface area (Å²) >= 11 is 3.40. The first kappa shape index (κ1) is 23.9. The molecule has 1 atom stereocenters. The number of anilines is 1. The molecule has 8 heteroatoms. The van der Waals surface area contributed by atoms with Crippen molar-refractivity contribution in [2.45, 2.75) is 39.0 Å². The molecule has 0 fully saturated rings. The van der Waals surface area contributed by atoms with Crippen molar-refractivity contribution >= 4 is 33.3 Å². The molecule has 1 amide bonds. The number of carbonyl (C=O) groups excluding carboxylic acids is 2. The van der Waals surface area contributed by atoms with Gasteiger partial charge in [0.2, 0.25) is 0 Å². The predicted octanol–water partition coefficient (Wildman–Crippen LogP) is 5.17. The molecule has 0 radical (unpaired) electrons. The van der Waals surface area contributed by atoms with Gasteiger partial charge in [-0.05, 0) is 72.4 Å². The number of para-hydroxylation sites is 2. The SMILES string of the molecule is CCOc1cc(C2C(C(=O)Nc3ccccc3OC)=C(C)NC3=C2C(=O)CCC3)cc(Br)c1O. The van der Waals surface area contributed by atoms with Crippen LogP contribution in [-0.2, 0) is 9.59 Å². The number of carbonyl (C=O) groups is 2. The van der Waals surface area contributed by atoms with Crippen LogP contribution in [0, 0.1) is 0 Å². The average molecular weight is 527 g/mol. The zero-order valence-electron chi connectivity index (χ0n) is 19.3. The van der Waals surface area contributed by atoms with E-state index < -0.39 is 5.92 Å². The van der Waals surface area contributed by atoms with E-state index in [1.807, 2.05) is 26.0 Å². The van der Waals surface area contributed by atoms with Crippen molar-refractivity contribution in [2.24, 2.45) is 0 Å². The summed E-state index contributed by atoms with van der Waals surface area (Å²) in [7, 11) is 1.54. The van der Waals surface area contributed by atoms with E-state index in [9.17, 15) is 14.7 Å². The number of hydrogen-bond acceptors (Lipinski definition) is 6. The molecule has 34 heavy (non-hydrogen) atoms. The van der Waals surface area contributed by atoms with Gasteiger partial charge in [0.15, 0.2) is 17.3 Å². The van der Waals surface area contributed by atoms with Gasteiger partial charge in [-0.3, -0.25) is 9.59 Å². The van der Waals surface area contributed by atoms with Gasteiger partial charge in [0, 0.05) is 34.9 Å². The van der Waals surface area contributed by atoms with Crippen molar-refractivity contribution in [3.05, 3.63) is 69.0 Å². The number of phenolic OH excluding ortho intramolecular Hbond substituents is 1. The molecule has 2 aliphatic rings. The van der Waals surface area contributed by atoms with E-state index in [2.05, 4.69) is 26.6 Å². The molecule has 1 aliphatic carbocycles. The summed E-state index contributed by atoms with van der Waals surface area (Å²) in [5, 5.41) is 16.7. The topological polar surface area (TPSA) is 96.9 Å². The number of allylic oxidation sites excluding steroid dienone is 3. The number of dihydropyridines is 1. The molecule has 178 valence electrons. The van der Waals surface area contributed by atoms with Crippen molar-refractivity contribution in [3.8, 4) is 17.2 Å². The monoisotopic (exact) mass is 526 g/mol. The van der Waals surface area contributed by atoms with E-state index in [-0.39, 0.29) is 23.2 Å².